The number of aliphatic hydroxyl groups is 1. The maximum absolute atomic E-state index is 11.2. The molecular formula is C13H21N3O3S. The Bertz CT molecular complexity index is 491. The predicted molar refractivity (Wildman–Crippen MR) is 80.5 cm³/mol. The van der Waals surface area contributed by atoms with E-state index in [1.54, 1.807) is 6.92 Å². The molecule has 0 saturated carbocycles. The summed E-state index contributed by atoms with van der Waals surface area (Å²) in [5, 5.41) is 21.5. The van der Waals surface area contributed by atoms with Crippen molar-refractivity contribution >= 4 is 22.0 Å². The van der Waals surface area contributed by atoms with Crippen LogP contribution in [0.3, 0.4) is 0 Å². The summed E-state index contributed by atoms with van der Waals surface area (Å²) in [4.78, 5) is 15.9. The Balaban J connectivity index is 2.34. The van der Waals surface area contributed by atoms with Crippen LogP contribution in [-0.4, -0.2) is 47.2 Å². The molecule has 1 fully saturated rings. The number of hydrogen-bond donors (Lipinski definition) is 1. The van der Waals surface area contributed by atoms with Gasteiger partial charge in [0.05, 0.1) is 11.0 Å². The van der Waals surface area contributed by atoms with Crippen molar-refractivity contribution in [3.05, 3.63) is 21.1 Å². The van der Waals surface area contributed by atoms with Crippen LogP contribution in [0, 0.1) is 10.1 Å². The van der Waals surface area contributed by atoms with Crippen molar-refractivity contribution in [2.75, 3.05) is 25.0 Å². The maximum atomic E-state index is 11.2. The molecule has 1 aromatic heterocycles. The topological polar surface area (TPSA) is 69.8 Å². The van der Waals surface area contributed by atoms with Gasteiger partial charge in [-0.05, 0) is 27.8 Å². The Kier molecular flexibility index (Phi) is 4.31. The second-order valence-electron chi connectivity index (χ2n) is 5.54. The molecule has 0 radical (unpaired) electrons. The molecule has 1 N–H and O–H groups in total. The van der Waals surface area contributed by atoms with Crippen LogP contribution in [0.1, 0.15) is 31.8 Å². The van der Waals surface area contributed by atoms with Crippen molar-refractivity contribution in [1.82, 2.24) is 4.90 Å². The van der Waals surface area contributed by atoms with Gasteiger partial charge in [0, 0.05) is 36.1 Å². The summed E-state index contributed by atoms with van der Waals surface area (Å²) in [5.41, 5.74) is 0.106. The largest absolute Gasteiger partial charge is 0.388 e. The van der Waals surface area contributed by atoms with E-state index in [0.29, 0.717) is 22.0 Å². The zero-order valence-corrected chi connectivity index (χ0v) is 13.1. The van der Waals surface area contributed by atoms with Crippen LogP contribution in [0.25, 0.3) is 0 Å². The number of hydrogen-bond acceptors (Lipinski definition) is 6. The fourth-order valence-corrected chi connectivity index (χ4v) is 3.60. The third kappa shape index (κ3) is 2.79. The summed E-state index contributed by atoms with van der Waals surface area (Å²) in [6.07, 6.45) is -0.672. The Morgan fingerprint density at radius 3 is 2.45 bits per heavy atom. The average molecular weight is 299 g/mol. The molecule has 1 saturated heterocycles. The molecule has 0 amide bonds. The summed E-state index contributed by atoms with van der Waals surface area (Å²) >= 11 is 1.32. The molecule has 7 heteroatoms. The second-order valence-corrected chi connectivity index (χ2v) is 6.60. The van der Waals surface area contributed by atoms with Crippen molar-refractivity contribution in [3.8, 4) is 0 Å². The molecule has 20 heavy (non-hydrogen) atoms. The number of likely N-dealkylation sites (N-methyl/N-ethyl adjacent to an activating group) is 1. The third-order valence-electron chi connectivity index (χ3n) is 3.97. The van der Waals surface area contributed by atoms with E-state index in [-0.39, 0.29) is 10.6 Å². The fourth-order valence-electron chi connectivity index (χ4n) is 2.52. The molecule has 3 unspecified atom stereocenters. The molecule has 0 spiro atoms. The highest BCUT2D eigenvalue weighted by atomic mass is 32.1. The van der Waals surface area contributed by atoms with Gasteiger partial charge in [-0.2, -0.15) is 0 Å². The highest BCUT2D eigenvalue weighted by molar-refractivity contribution is 7.16. The average Bonchev–Trinajstić information content (AvgIpc) is 2.80. The first-order valence-electron chi connectivity index (χ1n) is 6.74. The summed E-state index contributed by atoms with van der Waals surface area (Å²) in [6.45, 7) is 7.41. The van der Waals surface area contributed by atoms with E-state index < -0.39 is 6.10 Å². The first-order valence-corrected chi connectivity index (χ1v) is 7.56. The zero-order valence-electron chi connectivity index (χ0n) is 12.2. The summed E-state index contributed by atoms with van der Waals surface area (Å²) in [5.74, 6) is 0. The van der Waals surface area contributed by atoms with E-state index >= 15 is 0 Å². The lowest BCUT2D eigenvalue weighted by molar-refractivity contribution is -0.383. The van der Waals surface area contributed by atoms with Crippen LogP contribution < -0.4 is 4.90 Å². The minimum Gasteiger partial charge on any atom is -0.388 e. The van der Waals surface area contributed by atoms with E-state index in [1.165, 1.54) is 17.4 Å². The van der Waals surface area contributed by atoms with Crippen molar-refractivity contribution in [2.45, 2.75) is 39.0 Å². The van der Waals surface area contributed by atoms with Gasteiger partial charge in [0.15, 0.2) is 5.00 Å². The van der Waals surface area contributed by atoms with Gasteiger partial charge < -0.3 is 10.0 Å². The predicted octanol–water partition coefficient (Wildman–Crippen LogP) is 2.24. The number of nitrogens with zero attached hydrogens (tertiary/aromatic N) is 3. The maximum Gasteiger partial charge on any atom is 0.304 e. The molecule has 3 atom stereocenters. The molecule has 0 aromatic carbocycles. The number of thiophene rings is 1. The molecule has 1 aliphatic rings. The highest BCUT2D eigenvalue weighted by Gasteiger charge is 2.32. The first-order chi connectivity index (χ1) is 9.31. The Morgan fingerprint density at radius 2 is 2.00 bits per heavy atom. The molecule has 0 bridgehead atoms. The van der Waals surface area contributed by atoms with E-state index in [4.69, 9.17) is 0 Å². The second kappa shape index (κ2) is 5.67. The van der Waals surface area contributed by atoms with E-state index in [2.05, 4.69) is 30.7 Å². The van der Waals surface area contributed by atoms with E-state index in [1.807, 2.05) is 0 Å². The number of aliphatic hydroxyl groups excluding tert-OH is 1. The fraction of sp³-hybridized carbons (Fsp3) is 0.692. The number of anilines is 1. The Labute approximate surface area is 122 Å². The van der Waals surface area contributed by atoms with Crippen LogP contribution in [0.4, 0.5) is 10.7 Å². The smallest absolute Gasteiger partial charge is 0.304 e. The molecule has 112 valence electrons. The standard InChI is InChI=1S/C13H21N3O3S/c1-8-6-15(7-9(2)14(8)4)13-11(16(18)19)5-12(20-13)10(3)17/h5,8-10,17H,6-7H2,1-4H3. The molecule has 1 aromatic rings. The van der Waals surface area contributed by atoms with Gasteiger partial charge in [-0.15, -0.1) is 11.3 Å². The summed E-state index contributed by atoms with van der Waals surface area (Å²) in [6, 6.07) is 2.18. The number of piperazine rings is 1. The Morgan fingerprint density at radius 1 is 1.45 bits per heavy atom. The molecule has 2 heterocycles. The quantitative estimate of drug-likeness (QED) is 0.684. The monoisotopic (exact) mass is 299 g/mol. The van der Waals surface area contributed by atoms with Gasteiger partial charge in [-0.3, -0.25) is 15.0 Å². The van der Waals surface area contributed by atoms with Crippen molar-refractivity contribution in [1.29, 1.82) is 0 Å². The van der Waals surface area contributed by atoms with Crippen molar-refractivity contribution in [3.63, 3.8) is 0 Å². The normalized spacial score (nSPS) is 25.8. The van der Waals surface area contributed by atoms with Gasteiger partial charge in [0.25, 0.3) is 0 Å². The highest BCUT2D eigenvalue weighted by Crippen LogP contribution is 2.41. The lowest BCUT2D eigenvalue weighted by Gasteiger charge is -2.42. The van der Waals surface area contributed by atoms with Gasteiger partial charge in [0.1, 0.15) is 0 Å². The molecular weight excluding hydrogens is 278 g/mol. The lowest BCUT2D eigenvalue weighted by Crippen LogP contribution is -2.54. The lowest BCUT2D eigenvalue weighted by atomic mass is 10.1. The molecule has 1 aliphatic heterocycles. The van der Waals surface area contributed by atoms with Gasteiger partial charge in [-0.25, -0.2) is 0 Å². The summed E-state index contributed by atoms with van der Waals surface area (Å²) in [7, 11) is 2.08. The van der Waals surface area contributed by atoms with Crippen LogP contribution in [-0.2, 0) is 0 Å². The number of rotatable bonds is 3. The van der Waals surface area contributed by atoms with E-state index in [9.17, 15) is 15.2 Å². The minimum absolute atomic E-state index is 0.106. The zero-order chi connectivity index (χ0) is 15.0. The van der Waals surface area contributed by atoms with E-state index in [0.717, 1.165) is 13.1 Å². The third-order valence-corrected chi connectivity index (χ3v) is 5.32. The van der Waals surface area contributed by atoms with Crippen LogP contribution in [0.15, 0.2) is 6.07 Å². The summed E-state index contributed by atoms with van der Waals surface area (Å²) < 4.78 is 0. The molecule has 0 aliphatic carbocycles. The van der Waals surface area contributed by atoms with Crippen molar-refractivity contribution < 1.29 is 10.0 Å². The molecule has 6 nitrogen and oxygen atoms in total. The Hall–Kier alpha value is -1.18. The number of nitro groups is 1. The minimum atomic E-state index is -0.672. The SMILES string of the molecule is CC(O)c1cc([N+](=O)[O-])c(N2CC(C)N(C)C(C)C2)s1. The van der Waals surface area contributed by atoms with Gasteiger partial charge >= 0.3 is 5.69 Å². The first kappa shape index (κ1) is 15.2. The van der Waals surface area contributed by atoms with Crippen LogP contribution >= 0.6 is 11.3 Å². The molecule has 2 rings (SSSR count). The van der Waals surface area contributed by atoms with Gasteiger partial charge in [-0.1, -0.05) is 0 Å². The van der Waals surface area contributed by atoms with Gasteiger partial charge in [0.2, 0.25) is 0 Å². The van der Waals surface area contributed by atoms with Crippen LogP contribution in [0.5, 0.6) is 0 Å². The van der Waals surface area contributed by atoms with Crippen molar-refractivity contribution in [2.24, 2.45) is 0 Å². The van der Waals surface area contributed by atoms with Crippen LogP contribution in [0.2, 0.25) is 0 Å².